The van der Waals surface area contributed by atoms with E-state index in [9.17, 15) is 4.79 Å². The maximum absolute atomic E-state index is 11.5. The van der Waals surface area contributed by atoms with Crippen LogP contribution in [-0.2, 0) is 14.3 Å². The maximum atomic E-state index is 11.5. The molecule has 0 bridgehead atoms. The summed E-state index contributed by atoms with van der Waals surface area (Å²) in [5.41, 5.74) is 7.22. The number of rotatable bonds is 17. The highest BCUT2D eigenvalue weighted by Crippen LogP contribution is 2.18. The van der Waals surface area contributed by atoms with Gasteiger partial charge in [0, 0.05) is 13.0 Å². The summed E-state index contributed by atoms with van der Waals surface area (Å²) >= 11 is 0.386. The number of carbonyl (C=O) groups excluding carboxylic acids is 1. The molecule has 1 amide bonds. The first-order valence-electron chi connectivity index (χ1n) is 14.0. The van der Waals surface area contributed by atoms with Crippen LogP contribution >= 0.6 is 0 Å². The second-order valence-corrected chi connectivity index (χ2v) is 11.0. The first-order valence-corrected chi connectivity index (χ1v) is 16.0. The lowest BCUT2D eigenvalue weighted by molar-refractivity contribution is -0.121. The zero-order valence-electron chi connectivity index (χ0n) is 24.0. The normalized spacial score (nSPS) is 11.3. The lowest BCUT2D eigenvalue weighted by atomic mass is 10.0. The van der Waals surface area contributed by atoms with Crippen molar-refractivity contribution in [1.29, 1.82) is 0 Å². The Kier molecular flexibility index (Phi) is 14.3. The molecule has 0 aromatic heterocycles. The molecular weight excluding hydrogens is 513 g/mol. The topological polar surface area (TPSA) is 56.8 Å². The fourth-order valence-corrected chi connectivity index (χ4v) is 4.44. The van der Waals surface area contributed by atoms with Gasteiger partial charge >= 0.3 is 0 Å². The molecule has 0 saturated carbocycles. The molecule has 0 aliphatic rings. The molecule has 0 atom stereocenters. The van der Waals surface area contributed by atoms with E-state index in [2.05, 4.69) is 104 Å². The van der Waals surface area contributed by atoms with E-state index in [1.807, 2.05) is 12.1 Å². The smallest absolute Gasteiger partial charge is 0.218 e. The Labute approximate surface area is 246 Å². The van der Waals surface area contributed by atoms with E-state index in [0.29, 0.717) is 61.2 Å². The van der Waals surface area contributed by atoms with E-state index in [1.165, 1.54) is 27.8 Å². The largest absolute Gasteiger partial charge is 0.491 e. The number of carbonyl (C=O) groups is 1. The molecule has 0 unspecified atom stereocenters. The molecule has 0 spiro atoms. The number of aryl methyl sites for hydroxylation is 2. The van der Waals surface area contributed by atoms with Gasteiger partial charge < -0.3 is 19.5 Å². The molecule has 0 aliphatic heterocycles. The third kappa shape index (κ3) is 12.4. The minimum atomic E-state index is 0.110. The Morgan fingerprint density at radius 2 is 1.35 bits per heavy atom. The van der Waals surface area contributed by atoms with Crippen LogP contribution in [0.4, 0.5) is 0 Å². The van der Waals surface area contributed by atoms with Crippen molar-refractivity contribution in [3.05, 3.63) is 100 Å². The van der Waals surface area contributed by atoms with Crippen LogP contribution < -0.4 is 10.1 Å². The molecule has 40 heavy (non-hydrogen) atoms. The van der Waals surface area contributed by atoms with E-state index in [4.69, 9.17) is 14.2 Å². The molecule has 209 valence electrons. The zero-order valence-corrected chi connectivity index (χ0v) is 25.2. The minimum absolute atomic E-state index is 0.110. The fourth-order valence-electron chi connectivity index (χ4n) is 3.89. The van der Waals surface area contributed by atoms with E-state index in [-0.39, 0.29) is 5.91 Å². The summed E-state index contributed by atoms with van der Waals surface area (Å²) in [4.78, 5) is 11.5. The van der Waals surface area contributed by atoms with Crippen molar-refractivity contribution in [2.45, 2.75) is 31.3 Å². The monoisotopic (exact) mass is 554 g/mol. The second kappa shape index (κ2) is 18.3. The van der Waals surface area contributed by atoms with E-state index in [0.717, 1.165) is 16.6 Å². The second-order valence-electron chi connectivity index (χ2n) is 9.63. The molecule has 3 aromatic rings. The maximum Gasteiger partial charge on any atom is 0.218 e. The average molecular weight is 555 g/mol. The van der Waals surface area contributed by atoms with Gasteiger partial charge in [-0.1, -0.05) is 89.7 Å². The van der Waals surface area contributed by atoms with Gasteiger partial charge in [0.2, 0.25) is 5.91 Å². The van der Waals surface area contributed by atoms with Crippen molar-refractivity contribution in [3.63, 3.8) is 0 Å². The van der Waals surface area contributed by atoms with Gasteiger partial charge in [-0.25, -0.2) is 0 Å². The molecule has 0 heterocycles. The summed E-state index contributed by atoms with van der Waals surface area (Å²) in [5, 5.41) is 3.87. The Morgan fingerprint density at radius 1 is 0.750 bits per heavy atom. The molecule has 1 N–H and O–H groups in total. The van der Waals surface area contributed by atoms with Gasteiger partial charge in [-0.2, -0.15) is 0 Å². The fraction of sp³-hybridized carbons (Fsp3) is 0.324. The minimum Gasteiger partial charge on any atom is -0.491 e. The van der Waals surface area contributed by atoms with Gasteiger partial charge in [0.15, 0.2) is 15.2 Å². The van der Waals surface area contributed by atoms with Gasteiger partial charge in [-0.15, -0.1) is 5.79 Å². The molecule has 0 saturated heterocycles. The Bertz CT molecular complexity index is 1220. The van der Waals surface area contributed by atoms with Gasteiger partial charge in [-0.3, -0.25) is 4.79 Å². The summed E-state index contributed by atoms with van der Waals surface area (Å²) in [5.74, 6) is 3.09. The summed E-state index contributed by atoms with van der Waals surface area (Å²) in [6.07, 6.45) is 9.19. The number of amides is 1. The highest BCUT2D eigenvalue weighted by atomic mass is 27.1. The quantitative estimate of drug-likeness (QED) is 0.114. The van der Waals surface area contributed by atoms with E-state index in [1.54, 1.807) is 0 Å². The molecular formula is C34H41AlNO4. The summed E-state index contributed by atoms with van der Waals surface area (Å²) < 4.78 is 16.8. The van der Waals surface area contributed by atoms with E-state index >= 15 is 0 Å². The molecule has 1 radical (unpaired) electrons. The average Bonchev–Trinajstić information content (AvgIpc) is 2.97. The van der Waals surface area contributed by atoms with Gasteiger partial charge in [0.1, 0.15) is 12.4 Å². The highest BCUT2D eigenvalue weighted by molar-refractivity contribution is 6.33. The van der Waals surface area contributed by atoms with Crippen LogP contribution in [0.1, 0.15) is 39.8 Å². The Hall–Kier alpha value is -3.14. The van der Waals surface area contributed by atoms with Gasteiger partial charge in [0.05, 0.1) is 26.4 Å². The number of hydrogen-bond donors (Lipinski definition) is 1. The lowest BCUT2D eigenvalue weighted by Crippen LogP contribution is -2.27. The van der Waals surface area contributed by atoms with Crippen LogP contribution in [-0.4, -0.2) is 60.7 Å². The predicted molar refractivity (Wildman–Crippen MR) is 168 cm³/mol. The lowest BCUT2D eigenvalue weighted by Gasteiger charge is -2.09. The van der Waals surface area contributed by atoms with Crippen molar-refractivity contribution in [2.75, 3.05) is 39.6 Å². The SMILES string of the molecule is [CH3][Al][CH2]CC(=O)NCCOCCOCCOc1ccc(/C=C/c2ccc(/C=C/c3ccc(C)cc3)cc2C)cc1. The van der Waals surface area contributed by atoms with Gasteiger partial charge in [-0.05, 0) is 53.8 Å². The van der Waals surface area contributed by atoms with Crippen LogP contribution in [0.15, 0.2) is 66.7 Å². The Balaban J connectivity index is 1.31. The third-order valence-corrected chi connectivity index (χ3v) is 7.14. The van der Waals surface area contributed by atoms with Crippen LogP contribution in [0.25, 0.3) is 24.3 Å². The van der Waals surface area contributed by atoms with Crippen LogP contribution in [0.2, 0.25) is 11.1 Å². The van der Waals surface area contributed by atoms with Crippen molar-refractivity contribution < 1.29 is 19.0 Å². The van der Waals surface area contributed by atoms with Crippen molar-refractivity contribution in [1.82, 2.24) is 5.32 Å². The number of ether oxygens (including phenoxy) is 3. The molecule has 6 heteroatoms. The Morgan fingerprint density at radius 3 is 2.05 bits per heavy atom. The van der Waals surface area contributed by atoms with Crippen molar-refractivity contribution in [3.8, 4) is 5.75 Å². The first-order chi connectivity index (χ1) is 19.5. The van der Waals surface area contributed by atoms with Crippen molar-refractivity contribution >= 4 is 45.4 Å². The van der Waals surface area contributed by atoms with Gasteiger partial charge in [0.25, 0.3) is 0 Å². The zero-order chi connectivity index (χ0) is 28.4. The first kappa shape index (κ1) is 31.4. The number of benzene rings is 3. The van der Waals surface area contributed by atoms with E-state index < -0.39 is 0 Å². The van der Waals surface area contributed by atoms with Crippen LogP contribution in [0.3, 0.4) is 0 Å². The number of hydrogen-bond acceptors (Lipinski definition) is 4. The predicted octanol–water partition coefficient (Wildman–Crippen LogP) is 6.73. The van der Waals surface area contributed by atoms with Crippen LogP contribution in [0.5, 0.6) is 5.75 Å². The summed E-state index contributed by atoms with van der Waals surface area (Å²) in [6, 6.07) is 23.1. The summed E-state index contributed by atoms with van der Waals surface area (Å²) in [7, 11) is 0. The molecule has 3 rings (SSSR count). The van der Waals surface area contributed by atoms with Crippen LogP contribution in [0, 0.1) is 13.8 Å². The standard InChI is InChI=1S/C33H38NO4.CH3.Al/c1-4-33(35)34-19-20-36-21-22-37-23-24-38-32-17-13-29(14-18-32)11-15-31-16-12-30(25-27(31)3)10-9-28-7-5-26(2)6-8-28;;/h5-18,25H,1,4,19-24H2,2-3H3,(H,34,35);1H3;/b10-9+,15-11+;;. The number of nitrogens with one attached hydrogen (secondary N) is 1. The van der Waals surface area contributed by atoms with Crippen molar-refractivity contribution in [2.24, 2.45) is 0 Å². The third-order valence-electron chi connectivity index (χ3n) is 6.27. The molecule has 0 fully saturated rings. The highest BCUT2D eigenvalue weighted by Gasteiger charge is 2.00. The molecule has 3 aromatic carbocycles. The molecule has 0 aliphatic carbocycles. The molecule has 5 nitrogen and oxygen atoms in total. The summed E-state index contributed by atoms with van der Waals surface area (Å²) in [6.45, 7) is 7.28.